The summed E-state index contributed by atoms with van der Waals surface area (Å²) in [6.45, 7) is 3.38. The Labute approximate surface area is 179 Å². The molecule has 1 aromatic carbocycles. The Hall–Kier alpha value is -2.66. The van der Waals surface area contributed by atoms with Crippen LogP contribution in [0.2, 0.25) is 0 Å². The minimum atomic E-state index is -0.621. The van der Waals surface area contributed by atoms with Crippen molar-refractivity contribution in [2.24, 2.45) is 0 Å². The molecule has 0 radical (unpaired) electrons. The Balaban J connectivity index is 1.80. The molecule has 2 aromatic rings. The molecule has 11 heteroatoms. The molecule has 0 aliphatic heterocycles. The predicted octanol–water partition coefficient (Wildman–Crippen LogP) is 2.58. The molecule has 29 heavy (non-hydrogen) atoms. The smallest absolute Gasteiger partial charge is 0.343 e. The molecule has 0 bridgehead atoms. The SMILES string of the molecule is CCOC(=O)c1cnc(SCC(=O)OCC(=O)Nc2ccc(C)cc2Br)nc1N. The van der Waals surface area contributed by atoms with Crippen molar-refractivity contribution in [2.45, 2.75) is 19.0 Å². The van der Waals surface area contributed by atoms with Gasteiger partial charge in [0.05, 0.1) is 18.0 Å². The zero-order valence-corrected chi connectivity index (χ0v) is 18.1. The van der Waals surface area contributed by atoms with Gasteiger partial charge in [0.1, 0.15) is 11.4 Å². The van der Waals surface area contributed by atoms with Gasteiger partial charge in [0, 0.05) is 10.7 Å². The summed E-state index contributed by atoms with van der Waals surface area (Å²) in [5.41, 5.74) is 7.39. The summed E-state index contributed by atoms with van der Waals surface area (Å²) < 4.78 is 10.5. The number of halogens is 1. The number of amides is 1. The van der Waals surface area contributed by atoms with Crippen molar-refractivity contribution in [3.05, 3.63) is 40.0 Å². The van der Waals surface area contributed by atoms with E-state index >= 15 is 0 Å². The van der Waals surface area contributed by atoms with Crippen LogP contribution in [0.5, 0.6) is 0 Å². The predicted molar refractivity (Wildman–Crippen MR) is 112 cm³/mol. The molecule has 1 heterocycles. The van der Waals surface area contributed by atoms with Gasteiger partial charge in [-0.25, -0.2) is 14.8 Å². The normalized spacial score (nSPS) is 10.3. The molecule has 0 aliphatic carbocycles. The topological polar surface area (TPSA) is 134 Å². The van der Waals surface area contributed by atoms with E-state index in [1.54, 1.807) is 13.0 Å². The van der Waals surface area contributed by atoms with Crippen LogP contribution >= 0.6 is 27.7 Å². The molecule has 0 unspecified atom stereocenters. The van der Waals surface area contributed by atoms with Crippen LogP contribution in [0, 0.1) is 6.92 Å². The van der Waals surface area contributed by atoms with E-state index in [1.807, 2.05) is 19.1 Å². The first-order valence-electron chi connectivity index (χ1n) is 8.44. The van der Waals surface area contributed by atoms with Crippen LogP contribution in [-0.2, 0) is 19.1 Å². The highest BCUT2D eigenvalue weighted by molar-refractivity contribution is 9.10. The van der Waals surface area contributed by atoms with E-state index in [1.165, 1.54) is 6.20 Å². The number of carbonyl (C=O) groups excluding carboxylic acids is 3. The van der Waals surface area contributed by atoms with Crippen molar-refractivity contribution in [1.29, 1.82) is 0 Å². The summed E-state index contributed by atoms with van der Waals surface area (Å²) in [4.78, 5) is 43.3. The molecule has 154 valence electrons. The van der Waals surface area contributed by atoms with Crippen molar-refractivity contribution in [3.63, 3.8) is 0 Å². The number of rotatable bonds is 8. The molecular weight excluding hydrogens is 464 g/mol. The fraction of sp³-hybridized carbons (Fsp3) is 0.278. The Morgan fingerprint density at radius 1 is 1.28 bits per heavy atom. The fourth-order valence-electron chi connectivity index (χ4n) is 2.03. The lowest BCUT2D eigenvalue weighted by molar-refractivity contribution is -0.144. The van der Waals surface area contributed by atoms with Crippen molar-refractivity contribution < 1.29 is 23.9 Å². The van der Waals surface area contributed by atoms with Crippen LogP contribution < -0.4 is 11.1 Å². The lowest BCUT2D eigenvalue weighted by atomic mass is 10.2. The number of anilines is 2. The maximum absolute atomic E-state index is 11.9. The Kier molecular flexibility index (Phi) is 8.40. The molecule has 0 aliphatic rings. The zero-order valence-electron chi connectivity index (χ0n) is 15.7. The van der Waals surface area contributed by atoms with E-state index < -0.39 is 24.5 Å². The Morgan fingerprint density at radius 2 is 2.03 bits per heavy atom. The largest absolute Gasteiger partial charge is 0.462 e. The lowest BCUT2D eigenvalue weighted by Gasteiger charge is -2.09. The molecular formula is C18H19BrN4O5S. The van der Waals surface area contributed by atoms with E-state index in [0.29, 0.717) is 5.69 Å². The van der Waals surface area contributed by atoms with Gasteiger partial charge in [-0.3, -0.25) is 9.59 Å². The minimum absolute atomic E-state index is 0.0441. The summed E-state index contributed by atoms with van der Waals surface area (Å²) in [5.74, 6) is -1.87. The second-order valence-corrected chi connectivity index (χ2v) is 7.45. The van der Waals surface area contributed by atoms with Gasteiger partial charge in [-0.2, -0.15) is 0 Å². The maximum atomic E-state index is 11.9. The van der Waals surface area contributed by atoms with E-state index in [2.05, 4.69) is 31.2 Å². The fourth-order valence-corrected chi connectivity index (χ4v) is 3.25. The quantitative estimate of drug-likeness (QED) is 0.330. The Morgan fingerprint density at radius 3 is 2.69 bits per heavy atom. The van der Waals surface area contributed by atoms with Crippen molar-refractivity contribution in [3.8, 4) is 0 Å². The number of thioether (sulfide) groups is 1. The monoisotopic (exact) mass is 482 g/mol. The number of aryl methyl sites for hydroxylation is 1. The summed E-state index contributed by atoms with van der Waals surface area (Å²) in [7, 11) is 0. The second kappa shape index (κ2) is 10.8. The van der Waals surface area contributed by atoms with Crippen LogP contribution in [0.25, 0.3) is 0 Å². The second-order valence-electron chi connectivity index (χ2n) is 5.65. The van der Waals surface area contributed by atoms with Gasteiger partial charge in [-0.05, 0) is 47.5 Å². The number of nitrogens with one attached hydrogen (secondary N) is 1. The number of benzene rings is 1. The average molecular weight is 483 g/mol. The highest BCUT2D eigenvalue weighted by Crippen LogP contribution is 2.23. The molecule has 1 aromatic heterocycles. The van der Waals surface area contributed by atoms with Crippen LogP contribution in [0.1, 0.15) is 22.8 Å². The molecule has 1 amide bonds. The van der Waals surface area contributed by atoms with Gasteiger partial charge in [-0.15, -0.1) is 0 Å². The van der Waals surface area contributed by atoms with Gasteiger partial charge in [-0.1, -0.05) is 17.8 Å². The number of hydrogen-bond acceptors (Lipinski definition) is 9. The van der Waals surface area contributed by atoms with Crippen LogP contribution in [0.15, 0.2) is 34.0 Å². The first-order chi connectivity index (χ1) is 13.8. The third kappa shape index (κ3) is 7.02. The molecule has 0 fully saturated rings. The number of nitrogen functional groups attached to an aromatic ring is 1. The van der Waals surface area contributed by atoms with Gasteiger partial charge in [0.15, 0.2) is 11.8 Å². The molecule has 0 spiro atoms. The number of aromatic nitrogens is 2. The van der Waals surface area contributed by atoms with Gasteiger partial charge in [0.2, 0.25) is 0 Å². The summed E-state index contributed by atoms with van der Waals surface area (Å²) in [5, 5.41) is 2.84. The molecule has 0 saturated carbocycles. The summed E-state index contributed by atoms with van der Waals surface area (Å²) in [6.07, 6.45) is 1.24. The maximum Gasteiger partial charge on any atom is 0.343 e. The van der Waals surface area contributed by atoms with Gasteiger partial charge in [0.25, 0.3) is 5.91 Å². The minimum Gasteiger partial charge on any atom is -0.462 e. The number of nitrogens with two attached hydrogens (primary N) is 1. The number of esters is 2. The summed E-state index contributed by atoms with van der Waals surface area (Å²) in [6, 6.07) is 5.45. The summed E-state index contributed by atoms with van der Waals surface area (Å²) >= 11 is 4.32. The molecule has 0 saturated heterocycles. The molecule has 9 nitrogen and oxygen atoms in total. The lowest BCUT2D eigenvalue weighted by Crippen LogP contribution is -2.22. The number of ether oxygens (including phenoxy) is 2. The highest BCUT2D eigenvalue weighted by Gasteiger charge is 2.15. The average Bonchev–Trinajstić information content (AvgIpc) is 2.67. The molecule has 0 atom stereocenters. The van der Waals surface area contributed by atoms with Crippen LogP contribution in [0.4, 0.5) is 11.5 Å². The molecule has 3 N–H and O–H groups in total. The first-order valence-corrected chi connectivity index (χ1v) is 10.2. The Bertz CT molecular complexity index is 925. The van der Waals surface area contributed by atoms with Gasteiger partial charge < -0.3 is 20.5 Å². The van der Waals surface area contributed by atoms with Crippen molar-refractivity contribution in [1.82, 2.24) is 9.97 Å². The third-order valence-electron chi connectivity index (χ3n) is 3.37. The van der Waals surface area contributed by atoms with E-state index in [0.717, 1.165) is 21.8 Å². The number of carbonyl (C=O) groups is 3. The van der Waals surface area contributed by atoms with E-state index in [9.17, 15) is 14.4 Å². The number of hydrogen-bond donors (Lipinski definition) is 2. The number of nitrogens with zero attached hydrogens (tertiary/aromatic N) is 2. The first kappa shape index (κ1) is 22.6. The molecule has 2 rings (SSSR count). The van der Waals surface area contributed by atoms with Crippen molar-refractivity contribution >= 4 is 57.0 Å². The van der Waals surface area contributed by atoms with Crippen molar-refractivity contribution in [2.75, 3.05) is 30.0 Å². The van der Waals surface area contributed by atoms with Gasteiger partial charge >= 0.3 is 11.9 Å². The standard InChI is InChI=1S/C18H19BrN4O5S/c1-3-27-17(26)11-7-21-18(23-16(11)20)29-9-15(25)28-8-14(24)22-13-5-4-10(2)6-12(13)19/h4-7H,3,8-9H2,1-2H3,(H,22,24)(H2,20,21,23). The zero-order chi connectivity index (χ0) is 21.4. The van der Waals surface area contributed by atoms with Crippen LogP contribution in [-0.4, -0.2) is 46.8 Å². The highest BCUT2D eigenvalue weighted by atomic mass is 79.9. The van der Waals surface area contributed by atoms with E-state index in [-0.39, 0.29) is 28.9 Å². The third-order valence-corrected chi connectivity index (χ3v) is 4.86. The van der Waals surface area contributed by atoms with Crippen LogP contribution in [0.3, 0.4) is 0 Å². The van der Waals surface area contributed by atoms with E-state index in [4.69, 9.17) is 15.2 Å².